The maximum atomic E-state index is 13.7. The summed E-state index contributed by atoms with van der Waals surface area (Å²) < 4.78 is 4.69. The van der Waals surface area contributed by atoms with Crippen LogP contribution in [-0.4, -0.2) is 19.0 Å². The second-order valence-electron chi connectivity index (χ2n) is 9.07. The van der Waals surface area contributed by atoms with E-state index in [0.29, 0.717) is 12.1 Å². The summed E-state index contributed by atoms with van der Waals surface area (Å²) in [4.78, 5) is 27.1. The van der Waals surface area contributed by atoms with Crippen molar-refractivity contribution in [1.82, 2.24) is 0 Å². The van der Waals surface area contributed by atoms with Gasteiger partial charge in [0, 0.05) is 17.7 Å². The first-order valence-corrected chi connectivity index (χ1v) is 12.3. The zero-order chi connectivity index (χ0) is 25.3. The highest BCUT2D eigenvalue weighted by Crippen LogP contribution is 2.30. The van der Waals surface area contributed by atoms with Crippen molar-refractivity contribution in [3.05, 3.63) is 95.6 Å². The van der Waals surface area contributed by atoms with Gasteiger partial charge in [-0.1, -0.05) is 73.9 Å². The molecule has 3 aromatic carbocycles. The van der Waals surface area contributed by atoms with Gasteiger partial charge in [-0.15, -0.1) is 0 Å². The summed E-state index contributed by atoms with van der Waals surface area (Å²) in [6, 6.07) is 25.5. The summed E-state index contributed by atoms with van der Waals surface area (Å²) in [6.45, 7) is 0.444. The van der Waals surface area contributed by atoms with E-state index >= 15 is 0 Å². The average molecular weight is 479 g/mol. The van der Waals surface area contributed by atoms with Crippen LogP contribution in [0.25, 0.3) is 17.2 Å². The van der Waals surface area contributed by atoms with Gasteiger partial charge in [-0.2, -0.15) is 5.26 Å². The Kier molecular flexibility index (Phi) is 8.31. The first kappa shape index (κ1) is 24.9. The number of nitrogens with zero attached hydrogens (tertiary/aromatic N) is 2. The molecule has 1 saturated carbocycles. The molecule has 5 nitrogen and oxygen atoms in total. The topological polar surface area (TPSA) is 70.4 Å². The molecule has 4 rings (SSSR count). The lowest BCUT2D eigenvalue weighted by Crippen LogP contribution is -2.36. The number of hydrogen-bond acceptors (Lipinski definition) is 4. The van der Waals surface area contributed by atoms with E-state index in [1.807, 2.05) is 77.7 Å². The van der Waals surface area contributed by atoms with Crippen LogP contribution >= 0.6 is 0 Å². The Balaban J connectivity index is 1.62. The molecule has 0 bridgehead atoms. The van der Waals surface area contributed by atoms with Gasteiger partial charge in [-0.3, -0.25) is 4.79 Å². The normalized spacial score (nSPS) is 13.8. The Morgan fingerprint density at radius 3 is 2.47 bits per heavy atom. The summed E-state index contributed by atoms with van der Waals surface area (Å²) in [6.07, 6.45) is 8.26. The fourth-order valence-electron chi connectivity index (χ4n) is 4.70. The minimum Gasteiger partial charge on any atom is -0.466 e. The van der Waals surface area contributed by atoms with E-state index in [2.05, 4.69) is 6.07 Å². The standard InChI is InChI=1S/C31H30N2O3/c1-36-30(34)19-16-23-8-7-12-28(20-23)33(31(35)26-9-3-2-4-10-26)22-24-14-17-25(18-15-24)29-13-6-5-11-27(29)21-32/h5-8,11-20,26H,2-4,9-10,22H2,1H3/b19-16+. The van der Waals surface area contributed by atoms with Gasteiger partial charge in [0.2, 0.25) is 5.91 Å². The smallest absolute Gasteiger partial charge is 0.330 e. The number of nitriles is 1. The number of amides is 1. The molecule has 0 unspecified atom stereocenters. The zero-order valence-corrected chi connectivity index (χ0v) is 20.5. The van der Waals surface area contributed by atoms with Gasteiger partial charge < -0.3 is 9.64 Å². The summed E-state index contributed by atoms with van der Waals surface area (Å²) in [7, 11) is 1.35. The maximum Gasteiger partial charge on any atom is 0.330 e. The van der Waals surface area contributed by atoms with E-state index in [9.17, 15) is 14.9 Å². The molecule has 0 saturated heterocycles. The molecule has 1 aliphatic carbocycles. The fraction of sp³-hybridized carbons (Fsp3) is 0.258. The van der Waals surface area contributed by atoms with Crippen LogP contribution in [0.3, 0.4) is 0 Å². The number of benzene rings is 3. The highest BCUT2D eigenvalue weighted by atomic mass is 16.5. The fourth-order valence-corrected chi connectivity index (χ4v) is 4.70. The third-order valence-corrected chi connectivity index (χ3v) is 6.67. The Labute approximate surface area is 212 Å². The van der Waals surface area contributed by atoms with Crippen LogP contribution in [0.2, 0.25) is 0 Å². The monoisotopic (exact) mass is 478 g/mol. The third-order valence-electron chi connectivity index (χ3n) is 6.67. The van der Waals surface area contributed by atoms with Crippen molar-refractivity contribution in [3.8, 4) is 17.2 Å². The molecule has 0 N–H and O–H groups in total. The predicted molar refractivity (Wildman–Crippen MR) is 142 cm³/mol. The van der Waals surface area contributed by atoms with E-state index in [4.69, 9.17) is 4.74 Å². The van der Waals surface area contributed by atoms with Crippen LogP contribution in [-0.2, 0) is 20.9 Å². The SMILES string of the molecule is COC(=O)/C=C/c1cccc(N(Cc2ccc(-c3ccccc3C#N)cc2)C(=O)C2CCCCC2)c1. The van der Waals surface area contributed by atoms with Crippen LogP contribution < -0.4 is 4.90 Å². The summed E-state index contributed by atoms with van der Waals surface area (Å²) in [5.74, 6) is -0.258. The van der Waals surface area contributed by atoms with E-state index in [1.165, 1.54) is 19.6 Å². The van der Waals surface area contributed by atoms with Crippen molar-refractivity contribution < 1.29 is 14.3 Å². The molecule has 0 aromatic heterocycles. The molecular formula is C31H30N2O3. The van der Waals surface area contributed by atoms with Crippen molar-refractivity contribution >= 4 is 23.6 Å². The number of esters is 1. The Morgan fingerprint density at radius 2 is 1.75 bits per heavy atom. The maximum absolute atomic E-state index is 13.7. The quantitative estimate of drug-likeness (QED) is 0.286. The Morgan fingerprint density at radius 1 is 1.00 bits per heavy atom. The molecule has 0 atom stereocenters. The second-order valence-corrected chi connectivity index (χ2v) is 9.07. The van der Waals surface area contributed by atoms with E-state index in [0.717, 1.165) is 53.6 Å². The second kappa shape index (κ2) is 12.0. The van der Waals surface area contributed by atoms with Crippen molar-refractivity contribution in [1.29, 1.82) is 5.26 Å². The number of ether oxygens (including phenoxy) is 1. The molecule has 0 heterocycles. The van der Waals surface area contributed by atoms with Crippen molar-refractivity contribution in [3.63, 3.8) is 0 Å². The van der Waals surface area contributed by atoms with Crippen LogP contribution in [0.4, 0.5) is 5.69 Å². The number of methoxy groups -OCH3 is 1. The van der Waals surface area contributed by atoms with Gasteiger partial charge in [0.1, 0.15) is 0 Å². The highest BCUT2D eigenvalue weighted by Gasteiger charge is 2.27. The number of carbonyl (C=O) groups excluding carboxylic acids is 2. The van der Waals surface area contributed by atoms with Crippen molar-refractivity contribution in [2.75, 3.05) is 12.0 Å². The lowest BCUT2D eigenvalue weighted by molar-refractivity contribution is -0.134. The predicted octanol–water partition coefficient (Wildman–Crippen LogP) is 6.52. The van der Waals surface area contributed by atoms with Gasteiger partial charge in [-0.05, 0) is 59.4 Å². The van der Waals surface area contributed by atoms with Gasteiger partial charge in [0.15, 0.2) is 0 Å². The van der Waals surface area contributed by atoms with Gasteiger partial charge in [-0.25, -0.2) is 4.79 Å². The lowest BCUT2D eigenvalue weighted by atomic mass is 9.88. The van der Waals surface area contributed by atoms with Crippen LogP contribution in [0.5, 0.6) is 0 Å². The summed E-state index contributed by atoms with van der Waals surface area (Å²) >= 11 is 0. The van der Waals surface area contributed by atoms with Crippen LogP contribution in [0.15, 0.2) is 78.9 Å². The minimum absolute atomic E-state index is 0.0230. The molecule has 0 radical (unpaired) electrons. The molecule has 5 heteroatoms. The van der Waals surface area contributed by atoms with Crippen molar-refractivity contribution in [2.45, 2.75) is 38.6 Å². The molecule has 1 amide bonds. The minimum atomic E-state index is -0.423. The van der Waals surface area contributed by atoms with Crippen molar-refractivity contribution in [2.24, 2.45) is 5.92 Å². The highest BCUT2D eigenvalue weighted by molar-refractivity contribution is 5.95. The Bertz CT molecular complexity index is 1280. The molecule has 182 valence electrons. The zero-order valence-electron chi connectivity index (χ0n) is 20.5. The Hall–Kier alpha value is -4.17. The molecule has 3 aromatic rings. The molecule has 1 aliphatic rings. The number of hydrogen-bond donors (Lipinski definition) is 0. The lowest BCUT2D eigenvalue weighted by Gasteiger charge is -2.30. The first-order chi connectivity index (χ1) is 17.6. The average Bonchev–Trinajstić information content (AvgIpc) is 2.95. The largest absolute Gasteiger partial charge is 0.466 e. The van der Waals surface area contributed by atoms with E-state index in [-0.39, 0.29) is 11.8 Å². The van der Waals surface area contributed by atoms with E-state index < -0.39 is 5.97 Å². The van der Waals surface area contributed by atoms with E-state index in [1.54, 1.807) is 6.08 Å². The van der Waals surface area contributed by atoms with Gasteiger partial charge >= 0.3 is 5.97 Å². The molecule has 0 aliphatic heterocycles. The number of rotatable bonds is 7. The summed E-state index contributed by atoms with van der Waals surface area (Å²) in [5.41, 5.74) is 5.13. The third kappa shape index (κ3) is 6.09. The van der Waals surface area contributed by atoms with Crippen LogP contribution in [0, 0.1) is 17.2 Å². The molecule has 1 fully saturated rings. The molecule has 0 spiro atoms. The number of carbonyl (C=O) groups is 2. The molecule has 36 heavy (non-hydrogen) atoms. The van der Waals surface area contributed by atoms with Gasteiger partial charge in [0.05, 0.1) is 25.3 Å². The van der Waals surface area contributed by atoms with Crippen LogP contribution in [0.1, 0.15) is 48.8 Å². The van der Waals surface area contributed by atoms with Gasteiger partial charge in [0.25, 0.3) is 0 Å². The summed E-state index contributed by atoms with van der Waals surface area (Å²) in [5, 5.41) is 9.44. The first-order valence-electron chi connectivity index (χ1n) is 12.3. The molecular weight excluding hydrogens is 448 g/mol. The number of anilines is 1.